The molecule has 0 spiro atoms. The van der Waals surface area contributed by atoms with Crippen LogP contribution in [0.25, 0.3) is 0 Å². The van der Waals surface area contributed by atoms with E-state index in [1.807, 2.05) is 18.7 Å². The summed E-state index contributed by atoms with van der Waals surface area (Å²) in [4.78, 5) is 19.2. The van der Waals surface area contributed by atoms with Crippen molar-refractivity contribution in [3.8, 4) is 0 Å². The molecule has 1 saturated heterocycles. The fourth-order valence-electron chi connectivity index (χ4n) is 3.04. The Labute approximate surface area is 175 Å². The van der Waals surface area contributed by atoms with Crippen molar-refractivity contribution in [3.63, 3.8) is 0 Å². The van der Waals surface area contributed by atoms with Crippen LogP contribution in [0.5, 0.6) is 0 Å². The van der Waals surface area contributed by atoms with Crippen LogP contribution in [-0.2, 0) is 10.0 Å². The van der Waals surface area contributed by atoms with Crippen LogP contribution in [-0.4, -0.2) is 51.5 Å². The van der Waals surface area contributed by atoms with Crippen LogP contribution in [0.4, 0.5) is 15.9 Å². The molecule has 1 amide bonds. The predicted molar refractivity (Wildman–Crippen MR) is 114 cm³/mol. The van der Waals surface area contributed by atoms with E-state index in [0.717, 1.165) is 31.6 Å². The SMILES string of the molecule is CC[C@H](C)NC(=O)c1cc(NS(=O)(=O)c2ccc(F)cc2)cnc1N1CCNCC1. The monoisotopic (exact) mass is 435 g/mol. The number of rotatable bonds is 7. The fourth-order valence-corrected chi connectivity index (χ4v) is 4.07. The van der Waals surface area contributed by atoms with Crippen LogP contribution in [0.1, 0.15) is 30.6 Å². The van der Waals surface area contributed by atoms with Crippen molar-refractivity contribution in [3.05, 3.63) is 47.9 Å². The zero-order valence-electron chi connectivity index (χ0n) is 17.0. The molecule has 3 rings (SSSR count). The van der Waals surface area contributed by atoms with Gasteiger partial charge in [-0.3, -0.25) is 9.52 Å². The summed E-state index contributed by atoms with van der Waals surface area (Å²) < 4.78 is 40.8. The lowest BCUT2D eigenvalue weighted by atomic mass is 10.1. The van der Waals surface area contributed by atoms with Gasteiger partial charge in [-0.1, -0.05) is 6.92 Å². The second kappa shape index (κ2) is 9.40. The number of hydrogen-bond acceptors (Lipinski definition) is 6. The third kappa shape index (κ3) is 5.25. The number of piperazine rings is 1. The highest BCUT2D eigenvalue weighted by molar-refractivity contribution is 7.92. The van der Waals surface area contributed by atoms with E-state index in [2.05, 4.69) is 20.3 Å². The van der Waals surface area contributed by atoms with Gasteiger partial charge in [-0.25, -0.2) is 17.8 Å². The first kappa shape index (κ1) is 22.0. The van der Waals surface area contributed by atoms with Gasteiger partial charge in [-0.2, -0.15) is 0 Å². The minimum absolute atomic E-state index is 0.0343. The molecule has 162 valence electrons. The van der Waals surface area contributed by atoms with Gasteiger partial charge in [0, 0.05) is 32.2 Å². The smallest absolute Gasteiger partial charge is 0.261 e. The number of hydrogen-bond donors (Lipinski definition) is 3. The summed E-state index contributed by atoms with van der Waals surface area (Å²) in [6.07, 6.45) is 2.15. The molecular weight excluding hydrogens is 409 g/mol. The summed E-state index contributed by atoms with van der Waals surface area (Å²) >= 11 is 0. The summed E-state index contributed by atoms with van der Waals surface area (Å²) in [5.74, 6) is -0.324. The molecular formula is C20H26FN5O3S. The zero-order chi connectivity index (χ0) is 21.7. The van der Waals surface area contributed by atoms with Gasteiger partial charge in [-0.05, 0) is 43.7 Å². The average molecular weight is 436 g/mol. The maximum absolute atomic E-state index is 13.1. The van der Waals surface area contributed by atoms with E-state index in [1.165, 1.54) is 24.4 Å². The number of nitrogens with zero attached hydrogens (tertiary/aromatic N) is 2. The van der Waals surface area contributed by atoms with Gasteiger partial charge in [0.2, 0.25) is 0 Å². The van der Waals surface area contributed by atoms with Crippen molar-refractivity contribution in [1.82, 2.24) is 15.6 Å². The minimum atomic E-state index is -3.95. The molecule has 0 radical (unpaired) electrons. The Hall–Kier alpha value is -2.72. The largest absolute Gasteiger partial charge is 0.353 e. The van der Waals surface area contributed by atoms with Crippen molar-refractivity contribution in [2.45, 2.75) is 31.2 Å². The Morgan fingerprint density at radius 1 is 1.27 bits per heavy atom. The molecule has 1 fully saturated rings. The number of carbonyl (C=O) groups excluding carboxylic acids is 1. The molecule has 1 aromatic carbocycles. The highest BCUT2D eigenvalue weighted by Crippen LogP contribution is 2.24. The Kier molecular flexibility index (Phi) is 6.88. The molecule has 0 bridgehead atoms. The zero-order valence-corrected chi connectivity index (χ0v) is 17.8. The van der Waals surface area contributed by atoms with Gasteiger partial charge in [0.15, 0.2) is 0 Å². The maximum atomic E-state index is 13.1. The van der Waals surface area contributed by atoms with Crippen molar-refractivity contribution in [2.75, 3.05) is 35.8 Å². The number of benzene rings is 1. The standard InChI is InChI=1S/C20H26FN5O3S/c1-3-14(2)24-20(27)18-12-16(13-23-19(18)26-10-8-22-9-11-26)25-30(28,29)17-6-4-15(21)5-7-17/h4-7,12-14,22,25H,3,8-11H2,1-2H3,(H,24,27)/t14-/m0/s1. The van der Waals surface area contributed by atoms with Crippen LogP contribution in [0.2, 0.25) is 0 Å². The van der Waals surface area contributed by atoms with Gasteiger partial charge >= 0.3 is 0 Å². The molecule has 3 N–H and O–H groups in total. The van der Waals surface area contributed by atoms with E-state index >= 15 is 0 Å². The van der Waals surface area contributed by atoms with Gasteiger partial charge in [0.25, 0.3) is 15.9 Å². The molecule has 8 nitrogen and oxygen atoms in total. The molecule has 0 unspecified atom stereocenters. The second-order valence-electron chi connectivity index (χ2n) is 7.17. The Morgan fingerprint density at radius 2 is 1.93 bits per heavy atom. The van der Waals surface area contributed by atoms with E-state index in [0.29, 0.717) is 24.5 Å². The summed E-state index contributed by atoms with van der Waals surface area (Å²) in [5.41, 5.74) is 0.462. The lowest BCUT2D eigenvalue weighted by Crippen LogP contribution is -2.45. The second-order valence-corrected chi connectivity index (χ2v) is 8.86. The van der Waals surface area contributed by atoms with Crippen LogP contribution < -0.4 is 20.3 Å². The predicted octanol–water partition coefficient (Wildman–Crippen LogP) is 1.96. The number of nitrogens with one attached hydrogen (secondary N) is 3. The number of sulfonamides is 1. The van der Waals surface area contributed by atoms with Gasteiger partial charge in [0.05, 0.1) is 22.3 Å². The van der Waals surface area contributed by atoms with Crippen molar-refractivity contribution in [1.29, 1.82) is 0 Å². The minimum Gasteiger partial charge on any atom is -0.353 e. The summed E-state index contributed by atoms with van der Waals surface area (Å²) in [5, 5.41) is 6.16. The first-order valence-electron chi connectivity index (χ1n) is 9.85. The highest BCUT2D eigenvalue weighted by atomic mass is 32.2. The lowest BCUT2D eigenvalue weighted by molar-refractivity contribution is 0.0939. The van der Waals surface area contributed by atoms with E-state index in [9.17, 15) is 17.6 Å². The van der Waals surface area contributed by atoms with Gasteiger partial charge in [-0.15, -0.1) is 0 Å². The molecule has 1 aliphatic rings. The summed E-state index contributed by atoms with van der Waals surface area (Å²) in [6, 6.07) is 5.96. The number of carbonyl (C=O) groups is 1. The van der Waals surface area contributed by atoms with Crippen LogP contribution in [0, 0.1) is 5.82 Å². The van der Waals surface area contributed by atoms with Crippen LogP contribution in [0.3, 0.4) is 0 Å². The van der Waals surface area contributed by atoms with E-state index in [1.54, 1.807) is 0 Å². The maximum Gasteiger partial charge on any atom is 0.261 e. The molecule has 0 saturated carbocycles. The molecule has 1 aliphatic heterocycles. The molecule has 2 heterocycles. The quantitative estimate of drug-likeness (QED) is 0.614. The number of halogens is 1. The topological polar surface area (TPSA) is 103 Å². The molecule has 0 aliphatic carbocycles. The normalized spacial score (nSPS) is 15.5. The van der Waals surface area contributed by atoms with Crippen LogP contribution >= 0.6 is 0 Å². The Balaban J connectivity index is 1.92. The third-order valence-electron chi connectivity index (χ3n) is 4.89. The molecule has 1 atom stereocenters. The van der Waals surface area contributed by atoms with E-state index in [-0.39, 0.29) is 22.5 Å². The average Bonchev–Trinajstić information content (AvgIpc) is 2.74. The number of aromatic nitrogens is 1. The third-order valence-corrected chi connectivity index (χ3v) is 6.29. The Morgan fingerprint density at radius 3 is 2.57 bits per heavy atom. The lowest BCUT2D eigenvalue weighted by Gasteiger charge is -2.30. The van der Waals surface area contributed by atoms with Gasteiger partial charge in [0.1, 0.15) is 11.6 Å². The molecule has 10 heteroatoms. The number of amides is 1. The van der Waals surface area contributed by atoms with Crippen molar-refractivity contribution < 1.29 is 17.6 Å². The Bertz CT molecular complexity index is 992. The molecule has 1 aromatic heterocycles. The number of anilines is 2. The van der Waals surface area contributed by atoms with Crippen LogP contribution in [0.15, 0.2) is 41.4 Å². The molecule has 30 heavy (non-hydrogen) atoms. The number of pyridine rings is 1. The first-order valence-corrected chi connectivity index (χ1v) is 11.3. The van der Waals surface area contributed by atoms with E-state index in [4.69, 9.17) is 0 Å². The summed E-state index contributed by atoms with van der Waals surface area (Å²) in [7, 11) is -3.95. The van der Waals surface area contributed by atoms with Gasteiger partial charge < -0.3 is 15.5 Å². The molecule has 2 aromatic rings. The van der Waals surface area contributed by atoms with E-state index < -0.39 is 15.8 Å². The first-order chi connectivity index (χ1) is 14.3. The fraction of sp³-hybridized carbons (Fsp3) is 0.400. The van der Waals surface area contributed by atoms with Crippen molar-refractivity contribution in [2.24, 2.45) is 0 Å². The van der Waals surface area contributed by atoms with Crippen molar-refractivity contribution >= 4 is 27.4 Å². The highest BCUT2D eigenvalue weighted by Gasteiger charge is 2.23. The summed E-state index contributed by atoms with van der Waals surface area (Å²) in [6.45, 7) is 6.79.